The van der Waals surface area contributed by atoms with Gasteiger partial charge in [0, 0.05) is 34.4 Å². The van der Waals surface area contributed by atoms with E-state index < -0.39 is 5.92 Å². The fourth-order valence-electron chi connectivity index (χ4n) is 2.89. The van der Waals surface area contributed by atoms with E-state index in [0.29, 0.717) is 19.4 Å². The Hall–Kier alpha value is -1.00. The van der Waals surface area contributed by atoms with E-state index in [-0.39, 0.29) is 18.3 Å². The smallest absolute Gasteiger partial charge is 0.248 e. The zero-order valence-corrected chi connectivity index (χ0v) is 11.5. The third kappa shape index (κ3) is 2.28. The van der Waals surface area contributed by atoms with Crippen LogP contribution in [0.2, 0.25) is 0 Å². The van der Waals surface area contributed by atoms with Crippen LogP contribution in [0.3, 0.4) is 0 Å². The highest BCUT2D eigenvalue weighted by Gasteiger charge is 2.44. The molecule has 3 rings (SSSR count). The number of nitrogens with two attached hydrogens (primary N) is 1. The Balaban J connectivity index is 1.98. The third-order valence-electron chi connectivity index (χ3n) is 4.28. The zero-order valence-electron chi connectivity index (χ0n) is 10.7. The van der Waals surface area contributed by atoms with Crippen LogP contribution in [0.15, 0.2) is 30.3 Å². The van der Waals surface area contributed by atoms with Crippen molar-refractivity contribution >= 4 is 21.4 Å². The molecule has 2 aromatic rings. The number of halogens is 2. The first-order chi connectivity index (χ1) is 9.05. The molecule has 1 nitrogen and oxygen atoms in total. The SMILES string of the molecule is NCC1(c2cc3ccccc3s2)CCC(F)(F)CC1. The lowest BCUT2D eigenvalue weighted by Gasteiger charge is -2.38. The Bertz CT molecular complexity index is 548. The van der Waals surface area contributed by atoms with Crippen LogP contribution in [0.4, 0.5) is 8.78 Å². The van der Waals surface area contributed by atoms with Crippen LogP contribution in [0.5, 0.6) is 0 Å². The molecule has 0 radical (unpaired) electrons. The molecule has 1 aromatic heterocycles. The van der Waals surface area contributed by atoms with Gasteiger partial charge in [0.25, 0.3) is 0 Å². The topological polar surface area (TPSA) is 26.0 Å². The molecule has 0 amide bonds. The van der Waals surface area contributed by atoms with E-state index in [9.17, 15) is 8.78 Å². The second-order valence-electron chi connectivity index (χ2n) is 5.49. The van der Waals surface area contributed by atoms with E-state index in [4.69, 9.17) is 5.73 Å². The average molecular weight is 281 g/mol. The van der Waals surface area contributed by atoms with Crippen molar-refractivity contribution in [1.29, 1.82) is 0 Å². The molecule has 1 aliphatic carbocycles. The van der Waals surface area contributed by atoms with Gasteiger partial charge in [0.1, 0.15) is 0 Å². The first-order valence-corrected chi connectivity index (χ1v) is 7.43. The average Bonchev–Trinajstić information content (AvgIpc) is 2.84. The summed E-state index contributed by atoms with van der Waals surface area (Å²) in [4.78, 5) is 1.17. The lowest BCUT2D eigenvalue weighted by atomic mass is 9.72. The van der Waals surface area contributed by atoms with Gasteiger partial charge in [-0.25, -0.2) is 8.78 Å². The van der Waals surface area contributed by atoms with Crippen LogP contribution in [0.1, 0.15) is 30.6 Å². The summed E-state index contributed by atoms with van der Waals surface area (Å²) in [5, 5.41) is 1.19. The van der Waals surface area contributed by atoms with Crippen LogP contribution in [-0.4, -0.2) is 12.5 Å². The van der Waals surface area contributed by atoms with Gasteiger partial charge in [-0.1, -0.05) is 18.2 Å². The molecule has 0 atom stereocenters. The van der Waals surface area contributed by atoms with Crippen LogP contribution in [-0.2, 0) is 5.41 Å². The number of hydrogen-bond acceptors (Lipinski definition) is 2. The van der Waals surface area contributed by atoms with Gasteiger partial charge in [-0.2, -0.15) is 0 Å². The second-order valence-corrected chi connectivity index (χ2v) is 6.57. The lowest BCUT2D eigenvalue weighted by Crippen LogP contribution is -2.41. The van der Waals surface area contributed by atoms with Crippen LogP contribution >= 0.6 is 11.3 Å². The molecule has 1 saturated carbocycles. The van der Waals surface area contributed by atoms with Crippen molar-refractivity contribution in [3.63, 3.8) is 0 Å². The van der Waals surface area contributed by atoms with E-state index in [1.165, 1.54) is 15.0 Å². The van der Waals surface area contributed by atoms with Gasteiger partial charge in [0.15, 0.2) is 0 Å². The molecule has 1 aliphatic rings. The van der Waals surface area contributed by atoms with Crippen LogP contribution in [0, 0.1) is 0 Å². The maximum Gasteiger partial charge on any atom is 0.248 e. The molecule has 2 N–H and O–H groups in total. The quantitative estimate of drug-likeness (QED) is 0.872. The monoisotopic (exact) mass is 281 g/mol. The minimum absolute atomic E-state index is 0.0432. The van der Waals surface area contributed by atoms with Gasteiger partial charge in [0.2, 0.25) is 5.92 Å². The first-order valence-electron chi connectivity index (χ1n) is 6.62. The normalized spacial score (nSPS) is 21.6. The van der Waals surface area contributed by atoms with E-state index in [1.54, 1.807) is 11.3 Å². The van der Waals surface area contributed by atoms with E-state index in [1.807, 2.05) is 12.1 Å². The number of hydrogen-bond donors (Lipinski definition) is 1. The highest BCUT2D eigenvalue weighted by Crippen LogP contribution is 2.47. The molecule has 1 heterocycles. The Labute approximate surface area is 115 Å². The molecule has 102 valence electrons. The number of fused-ring (bicyclic) bond motifs is 1. The maximum atomic E-state index is 13.4. The third-order valence-corrected chi connectivity index (χ3v) is 5.64. The largest absolute Gasteiger partial charge is 0.330 e. The molecule has 4 heteroatoms. The van der Waals surface area contributed by atoms with E-state index in [2.05, 4.69) is 18.2 Å². The molecule has 1 fully saturated rings. The summed E-state index contributed by atoms with van der Waals surface area (Å²) in [6, 6.07) is 10.3. The minimum Gasteiger partial charge on any atom is -0.330 e. The maximum absolute atomic E-state index is 13.4. The van der Waals surface area contributed by atoms with Crippen molar-refractivity contribution in [3.8, 4) is 0 Å². The minimum atomic E-state index is -2.50. The fraction of sp³-hybridized carbons (Fsp3) is 0.467. The molecule has 0 bridgehead atoms. The molecule has 19 heavy (non-hydrogen) atoms. The Morgan fingerprint density at radius 1 is 1.11 bits per heavy atom. The number of thiophene rings is 1. The molecule has 0 saturated heterocycles. The summed E-state index contributed by atoms with van der Waals surface area (Å²) in [7, 11) is 0. The predicted octanol–water partition coefficient (Wildman–Crippen LogP) is 4.31. The second kappa shape index (κ2) is 4.53. The van der Waals surface area contributed by atoms with Crippen molar-refractivity contribution < 1.29 is 8.78 Å². The summed E-state index contributed by atoms with van der Waals surface area (Å²) in [5.41, 5.74) is 5.70. The van der Waals surface area contributed by atoms with Crippen LogP contribution in [0.25, 0.3) is 10.1 Å². The Morgan fingerprint density at radius 2 is 1.79 bits per heavy atom. The zero-order chi connectivity index (χ0) is 13.5. The summed E-state index contributed by atoms with van der Waals surface area (Å²) < 4.78 is 27.9. The van der Waals surface area contributed by atoms with E-state index >= 15 is 0 Å². The summed E-state index contributed by atoms with van der Waals surface area (Å²) in [5.74, 6) is -2.50. The molecule has 0 spiro atoms. The summed E-state index contributed by atoms with van der Waals surface area (Å²) in [6.07, 6.45) is 0.892. The Morgan fingerprint density at radius 3 is 2.42 bits per heavy atom. The van der Waals surface area contributed by atoms with Crippen molar-refractivity contribution in [2.24, 2.45) is 5.73 Å². The first kappa shape index (κ1) is 13.0. The standard InChI is InChI=1S/C15H17F2NS/c16-15(17)7-5-14(10-18,6-8-15)13-9-11-3-1-2-4-12(11)19-13/h1-4,9H,5-8,10,18H2. The van der Waals surface area contributed by atoms with Gasteiger partial charge in [0.05, 0.1) is 0 Å². The van der Waals surface area contributed by atoms with Gasteiger partial charge < -0.3 is 5.73 Å². The van der Waals surface area contributed by atoms with Crippen molar-refractivity contribution in [1.82, 2.24) is 0 Å². The van der Waals surface area contributed by atoms with Gasteiger partial charge >= 0.3 is 0 Å². The highest BCUT2D eigenvalue weighted by molar-refractivity contribution is 7.19. The lowest BCUT2D eigenvalue weighted by molar-refractivity contribution is -0.0504. The number of alkyl halides is 2. The molecule has 1 aromatic carbocycles. The van der Waals surface area contributed by atoms with Crippen LogP contribution < -0.4 is 5.73 Å². The molecular formula is C15H17F2NS. The van der Waals surface area contributed by atoms with Crippen molar-refractivity contribution in [2.45, 2.75) is 37.0 Å². The Kier molecular flexibility index (Phi) is 3.10. The van der Waals surface area contributed by atoms with Crippen molar-refractivity contribution in [3.05, 3.63) is 35.2 Å². The number of benzene rings is 1. The molecule has 0 unspecified atom stereocenters. The molecular weight excluding hydrogens is 264 g/mol. The van der Waals surface area contributed by atoms with Crippen molar-refractivity contribution in [2.75, 3.05) is 6.54 Å². The molecule has 0 aliphatic heterocycles. The summed E-state index contributed by atoms with van der Waals surface area (Å²) in [6.45, 7) is 0.454. The predicted molar refractivity (Wildman–Crippen MR) is 76.0 cm³/mol. The van der Waals surface area contributed by atoms with Gasteiger partial charge in [-0.3, -0.25) is 0 Å². The highest BCUT2D eigenvalue weighted by atomic mass is 32.1. The number of rotatable bonds is 2. The van der Waals surface area contributed by atoms with E-state index in [0.717, 1.165) is 0 Å². The van der Waals surface area contributed by atoms with Gasteiger partial charge in [-0.15, -0.1) is 11.3 Å². The van der Waals surface area contributed by atoms with Gasteiger partial charge in [-0.05, 0) is 30.4 Å². The fourth-order valence-corrected chi connectivity index (χ4v) is 4.21. The summed E-state index contributed by atoms with van der Waals surface area (Å²) >= 11 is 1.70.